The fraction of sp³-hybridized carbons (Fsp3) is 0.174. The van der Waals surface area contributed by atoms with Crippen LogP contribution in [0.15, 0.2) is 60.8 Å². The van der Waals surface area contributed by atoms with Gasteiger partial charge in [0.2, 0.25) is 0 Å². The maximum atomic E-state index is 13.4. The van der Waals surface area contributed by atoms with Crippen molar-refractivity contribution in [2.24, 2.45) is 0 Å². The third-order valence-corrected chi connectivity index (χ3v) is 4.43. The van der Waals surface area contributed by atoms with E-state index < -0.39 is 5.82 Å². The molecule has 0 aliphatic heterocycles. The van der Waals surface area contributed by atoms with Crippen molar-refractivity contribution in [1.82, 2.24) is 19.9 Å². The molecule has 2 aromatic heterocycles. The van der Waals surface area contributed by atoms with Crippen LogP contribution >= 0.6 is 0 Å². The highest BCUT2D eigenvalue weighted by atomic mass is 19.1. The maximum Gasteiger partial charge on any atom is 0.322 e. The van der Waals surface area contributed by atoms with Gasteiger partial charge in [0.1, 0.15) is 23.2 Å². The first kappa shape index (κ1) is 19.7. The Hall–Kier alpha value is -3.61. The molecule has 30 heavy (non-hydrogen) atoms. The highest BCUT2D eigenvalue weighted by Crippen LogP contribution is 2.33. The number of nitrogens with one attached hydrogen (secondary N) is 1. The molecule has 5 nitrogen and oxygen atoms in total. The average Bonchev–Trinajstić information content (AvgIpc) is 3.15. The van der Waals surface area contributed by atoms with Crippen molar-refractivity contribution >= 4 is 0 Å². The average molecular weight is 406 g/mol. The van der Waals surface area contributed by atoms with Gasteiger partial charge in [0.25, 0.3) is 0 Å². The molecule has 0 bridgehead atoms. The van der Waals surface area contributed by atoms with E-state index in [4.69, 9.17) is 9.72 Å². The van der Waals surface area contributed by atoms with Crippen LogP contribution in [0.3, 0.4) is 0 Å². The summed E-state index contributed by atoms with van der Waals surface area (Å²) in [7, 11) is 0. The lowest BCUT2D eigenvalue weighted by Gasteiger charge is -2.14. The third-order valence-electron chi connectivity index (χ3n) is 4.43. The van der Waals surface area contributed by atoms with Gasteiger partial charge in [-0.15, -0.1) is 0 Å². The lowest BCUT2D eigenvalue weighted by atomic mass is 9.96. The minimum atomic E-state index is -0.411. The van der Waals surface area contributed by atoms with Crippen LogP contribution in [0.2, 0.25) is 0 Å². The van der Waals surface area contributed by atoms with E-state index in [2.05, 4.69) is 15.0 Å². The van der Waals surface area contributed by atoms with Crippen LogP contribution in [0.1, 0.15) is 26.6 Å². The molecule has 0 saturated carbocycles. The van der Waals surface area contributed by atoms with E-state index >= 15 is 0 Å². The Morgan fingerprint density at radius 2 is 1.67 bits per heavy atom. The molecule has 7 heteroatoms. The number of imidazole rings is 1. The van der Waals surface area contributed by atoms with E-state index in [1.165, 1.54) is 24.3 Å². The molecule has 0 aliphatic rings. The molecule has 0 aliphatic carbocycles. The number of halogens is 2. The predicted molar refractivity (Wildman–Crippen MR) is 110 cm³/mol. The van der Waals surface area contributed by atoms with E-state index in [1.54, 1.807) is 36.5 Å². The van der Waals surface area contributed by atoms with Gasteiger partial charge in [-0.3, -0.25) is 0 Å². The number of hydrogen-bond donors (Lipinski definition) is 1. The number of H-pyrrole nitrogens is 1. The lowest BCUT2D eigenvalue weighted by Crippen LogP contribution is -2.13. The summed E-state index contributed by atoms with van der Waals surface area (Å²) in [6, 6.07) is 13.7. The molecule has 2 aromatic carbocycles. The van der Waals surface area contributed by atoms with Crippen LogP contribution in [0.25, 0.3) is 22.6 Å². The fourth-order valence-electron chi connectivity index (χ4n) is 2.90. The van der Waals surface area contributed by atoms with Crippen molar-refractivity contribution in [3.05, 3.63) is 78.3 Å². The first-order valence-corrected chi connectivity index (χ1v) is 9.43. The normalized spacial score (nSPS) is 11.5. The molecule has 4 rings (SSSR count). The summed E-state index contributed by atoms with van der Waals surface area (Å²) in [6.45, 7) is 6.13. The van der Waals surface area contributed by atoms with Gasteiger partial charge in [-0.05, 0) is 42.5 Å². The summed E-state index contributed by atoms with van der Waals surface area (Å²) in [5.74, 6) is 0.333. The highest BCUT2D eigenvalue weighted by Gasteiger charge is 2.23. The number of hydrogen-bond acceptors (Lipinski definition) is 4. The second-order valence-corrected chi connectivity index (χ2v) is 7.85. The molecule has 0 radical (unpaired) electrons. The quantitative estimate of drug-likeness (QED) is 0.458. The second-order valence-electron chi connectivity index (χ2n) is 7.85. The molecule has 0 saturated heterocycles. The first-order valence-electron chi connectivity index (χ1n) is 9.43. The Bertz CT molecular complexity index is 1180. The summed E-state index contributed by atoms with van der Waals surface area (Å²) in [5.41, 5.74) is 2.39. The van der Waals surface area contributed by atoms with Crippen molar-refractivity contribution in [2.45, 2.75) is 26.2 Å². The molecule has 1 N–H and O–H groups in total. The van der Waals surface area contributed by atoms with Crippen LogP contribution in [0.4, 0.5) is 8.78 Å². The van der Waals surface area contributed by atoms with Crippen LogP contribution < -0.4 is 4.74 Å². The Morgan fingerprint density at radius 3 is 2.37 bits per heavy atom. The van der Waals surface area contributed by atoms with Crippen LogP contribution in [0, 0.1) is 11.6 Å². The zero-order chi connectivity index (χ0) is 21.3. The minimum Gasteiger partial charge on any atom is -0.424 e. The molecule has 2 heterocycles. The Balaban J connectivity index is 1.77. The molecule has 0 atom stereocenters. The maximum absolute atomic E-state index is 13.4. The molecule has 0 fully saturated rings. The first-order chi connectivity index (χ1) is 14.3. The summed E-state index contributed by atoms with van der Waals surface area (Å²) >= 11 is 0. The van der Waals surface area contributed by atoms with Gasteiger partial charge < -0.3 is 9.72 Å². The van der Waals surface area contributed by atoms with E-state index in [9.17, 15) is 8.78 Å². The van der Waals surface area contributed by atoms with Crippen molar-refractivity contribution in [1.29, 1.82) is 0 Å². The van der Waals surface area contributed by atoms with E-state index in [-0.39, 0.29) is 17.2 Å². The summed E-state index contributed by atoms with van der Waals surface area (Å²) < 4.78 is 32.5. The van der Waals surface area contributed by atoms with Crippen molar-refractivity contribution in [2.75, 3.05) is 0 Å². The molecular weight excluding hydrogens is 386 g/mol. The van der Waals surface area contributed by atoms with Gasteiger partial charge in [0, 0.05) is 23.2 Å². The zero-order valence-electron chi connectivity index (χ0n) is 16.8. The van der Waals surface area contributed by atoms with Crippen molar-refractivity contribution in [3.8, 4) is 34.4 Å². The number of aromatic amines is 1. The second kappa shape index (κ2) is 7.67. The van der Waals surface area contributed by atoms with Gasteiger partial charge in [-0.2, -0.15) is 4.98 Å². The number of rotatable bonds is 4. The van der Waals surface area contributed by atoms with Crippen molar-refractivity contribution in [3.63, 3.8) is 0 Å². The molecular formula is C23H20F2N4O. The topological polar surface area (TPSA) is 63.7 Å². The van der Waals surface area contributed by atoms with E-state index in [1.807, 2.05) is 20.8 Å². The summed E-state index contributed by atoms with van der Waals surface area (Å²) in [6.07, 6.45) is 1.56. The molecule has 0 unspecified atom stereocenters. The van der Waals surface area contributed by atoms with Crippen LogP contribution in [0.5, 0.6) is 11.8 Å². The number of ether oxygens (including phenoxy) is 1. The Labute approximate surface area is 172 Å². The summed E-state index contributed by atoms with van der Waals surface area (Å²) in [4.78, 5) is 16.7. The smallest absolute Gasteiger partial charge is 0.322 e. The Morgan fingerprint density at radius 1 is 0.900 bits per heavy atom. The summed E-state index contributed by atoms with van der Waals surface area (Å²) in [5, 5.41) is 0. The standard InChI is InChI=1S/C23H20F2N4O/c1-23(2,3)21-28-19(14-7-9-15(24)10-8-14)20(29-21)18-11-12-26-22(27-18)30-17-6-4-5-16(25)13-17/h4-13H,1-3H3,(H,28,29). The van der Waals surface area contributed by atoms with Gasteiger partial charge in [-0.1, -0.05) is 26.8 Å². The van der Waals surface area contributed by atoms with Crippen molar-refractivity contribution < 1.29 is 13.5 Å². The van der Waals surface area contributed by atoms with E-state index in [0.29, 0.717) is 22.8 Å². The predicted octanol–water partition coefficient (Wildman–Crippen LogP) is 5.90. The van der Waals surface area contributed by atoms with Gasteiger partial charge >= 0.3 is 6.01 Å². The van der Waals surface area contributed by atoms with Crippen LogP contribution in [-0.2, 0) is 5.41 Å². The monoisotopic (exact) mass is 406 g/mol. The zero-order valence-corrected chi connectivity index (χ0v) is 16.8. The highest BCUT2D eigenvalue weighted by molar-refractivity contribution is 5.76. The third kappa shape index (κ3) is 4.20. The molecule has 0 spiro atoms. The van der Waals surface area contributed by atoms with Gasteiger partial charge in [0.15, 0.2) is 0 Å². The number of aromatic nitrogens is 4. The minimum absolute atomic E-state index is 0.0788. The molecule has 152 valence electrons. The number of nitrogens with zero attached hydrogens (tertiary/aromatic N) is 3. The molecule has 0 amide bonds. The Kier molecular flexibility index (Phi) is 5.03. The van der Waals surface area contributed by atoms with Gasteiger partial charge in [0.05, 0.1) is 17.1 Å². The SMILES string of the molecule is CC(C)(C)c1nc(-c2ccc(F)cc2)c(-c2ccnc(Oc3cccc(F)c3)n2)[nH]1. The number of benzene rings is 2. The fourth-order valence-corrected chi connectivity index (χ4v) is 2.90. The van der Waals surface area contributed by atoms with Gasteiger partial charge in [-0.25, -0.2) is 18.7 Å². The van der Waals surface area contributed by atoms with Crippen LogP contribution in [-0.4, -0.2) is 19.9 Å². The molecule has 4 aromatic rings. The van der Waals surface area contributed by atoms with E-state index in [0.717, 1.165) is 11.4 Å². The largest absolute Gasteiger partial charge is 0.424 e. The lowest BCUT2D eigenvalue weighted by molar-refractivity contribution is 0.438.